The maximum absolute atomic E-state index is 12.5. The zero-order valence-corrected chi connectivity index (χ0v) is 14.5. The smallest absolute Gasteiger partial charge is 0.327 e. The molecule has 4 heteroatoms. The molecule has 0 amide bonds. The molecule has 0 saturated carbocycles. The quantitative estimate of drug-likeness (QED) is 0.710. The third-order valence-corrected chi connectivity index (χ3v) is 4.18. The lowest BCUT2D eigenvalue weighted by Gasteiger charge is -2.24. The third kappa shape index (κ3) is 4.43. The predicted octanol–water partition coefficient (Wildman–Crippen LogP) is 4.31. The number of hydrogen-bond donors (Lipinski definition) is 0. The standard InChI is InChI=1S/C19H18BrNO2/c1-2-23-18(22)19(14-21,12-15-6-4-3-5-7-15)13-16-8-10-17(20)11-9-16/h3-11H,2,12-13H2,1H3. The lowest BCUT2D eigenvalue weighted by atomic mass is 9.77. The molecule has 0 spiro atoms. The average molecular weight is 372 g/mol. The molecule has 0 radical (unpaired) electrons. The van der Waals surface area contributed by atoms with Crippen molar-refractivity contribution in [2.75, 3.05) is 6.61 Å². The van der Waals surface area contributed by atoms with E-state index in [1.165, 1.54) is 0 Å². The van der Waals surface area contributed by atoms with Crippen LogP contribution in [0.5, 0.6) is 0 Å². The molecule has 0 aromatic heterocycles. The number of hydrogen-bond acceptors (Lipinski definition) is 3. The number of benzene rings is 2. The van der Waals surface area contributed by atoms with E-state index < -0.39 is 11.4 Å². The Morgan fingerprint density at radius 1 is 1.09 bits per heavy atom. The Kier molecular flexibility index (Phi) is 5.95. The third-order valence-electron chi connectivity index (χ3n) is 3.65. The largest absolute Gasteiger partial charge is 0.465 e. The topological polar surface area (TPSA) is 50.1 Å². The zero-order chi connectivity index (χ0) is 16.7. The van der Waals surface area contributed by atoms with Crippen molar-refractivity contribution < 1.29 is 9.53 Å². The molecule has 0 heterocycles. The molecule has 118 valence electrons. The van der Waals surface area contributed by atoms with Crippen molar-refractivity contribution in [2.45, 2.75) is 19.8 Å². The predicted molar refractivity (Wildman–Crippen MR) is 92.7 cm³/mol. The second-order valence-electron chi connectivity index (χ2n) is 5.38. The molecular weight excluding hydrogens is 354 g/mol. The van der Waals surface area contributed by atoms with Crippen LogP contribution in [-0.4, -0.2) is 12.6 Å². The van der Waals surface area contributed by atoms with Gasteiger partial charge in [-0.2, -0.15) is 5.26 Å². The van der Waals surface area contributed by atoms with Crippen molar-refractivity contribution in [3.63, 3.8) is 0 Å². The van der Waals surface area contributed by atoms with Crippen LogP contribution in [0.1, 0.15) is 18.1 Å². The molecule has 0 aliphatic carbocycles. The van der Waals surface area contributed by atoms with Crippen LogP contribution >= 0.6 is 15.9 Å². The summed E-state index contributed by atoms with van der Waals surface area (Å²) in [6, 6.07) is 19.4. The van der Waals surface area contributed by atoms with Gasteiger partial charge >= 0.3 is 5.97 Å². The lowest BCUT2D eigenvalue weighted by Crippen LogP contribution is -2.36. The van der Waals surface area contributed by atoms with Gasteiger partial charge in [-0.25, -0.2) is 0 Å². The van der Waals surface area contributed by atoms with E-state index in [9.17, 15) is 10.1 Å². The summed E-state index contributed by atoms with van der Waals surface area (Å²) in [6.07, 6.45) is 0.656. The van der Waals surface area contributed by atoms with E-state index in [-0.39, 0.29) is 6.61 Å². The second kappa shape index (κ2) is 7.94. The Morgan fingerprint density at radius 3 is 2.17 bits per heavy atom. The molecule has 3 nitrogen and oxygen atoms in total. The fraction of sp³-hybridized carbons (Fsp3) is 0.263. The molecule has 0 bridgehead atoms. The van der Waals surface area contributed by atoms with E-state index in [1.807, 2.05) is 54.6 Å². The van der Waals surface area contributed by atoms with Crippen molar-refractivity contribution >= 4 is 21.9 Å². The Bertz CT molecular complexity index is 692. The van der Waals surface area contributed by atoms with E-state index in [2.05, 4.69) is 22.0 Å². The number of rotatable bonds is 6. The fourth-order valence-electron chi connectivity index (χ4n) is 2.50. The summed E-state index contributed by atoms with van der Waals surface area (Å²) in [7, 11) is 0. The van der Waals surface area contributed by atoms with Gasteiger partial charge in [-0.05, 0) is 30.2 Å². The van der Waals surface area contributed by atoms with Gasteiger partial charge in [0.05, 0.1) is 12.7 Å². The average Bonchev–Trinajstić information content (AvgIpc) is 2.57. The van der Waals surface area contributed by atoms with Gasteiger partial charge in [0.1, 0.15) is 0 Å². The molecular formula is C19H18BrNO2. The monoisotopic (exact) mass is 371 g/mol. The normalized spacial score (nSPS) is 12.9. The van der Waals surface area contributed by atoms with Crippen molar-refractivity contribution in [3.05, 3.63) is 70.2 Å². The van der Waals surface area contributed by atoms with Crippen LogP contribution < -0.4 is 0 Å². The number of esters is 1. The van der Waals surface area contributed by atoms with E-state index in [0.29, 0.717) is 12.8 Å². The van der Waals surface area contributed by atoms with Crippen molar-refractivity contribution in [2.24, 2.45) is 5.41 Å². The Balaban J connectivity index is 2.35. The van der Waals surface area contributed by atoms with E-state index in [0.717, 1.165) is 15.6 Å². The van der Waals surface area contributed by atoms with E-state index in [4.69, 9.17) is 4.74 Å². The second-order valence-corrected chi connectivity index (χ2v) is 6.30. The van der Waals surface area contributed by atoms with Crippen LogP contribution in [0.2, 0.25) is 0 Å². The number of ether oxygens (including phenoxy) is 1. The molecule has 2 aromatic carbocycles. The van der Waals surface area contributed by atoms with Crippen LogP contribution in [0.3, 0.4) is 0 Å². The highest BCUT2D eigenvalue weighted by molar-refractivity contribution is 9.10. The van der Waals surface area contributed by atoms with Crippen molar-refractivity contribution in [1.82, 2.24) is 0 Å². The first-order chi connectivity index (χ1) is 11.1. The molecule has 1 unspecified atom stereocenters. The highest BCUT2D eigenvalue weighted by Crippen LogP contribution is 2.30. The molecule has 2 rings (SSSR count). The summed E-state index contributed by atoms with van der Waals surface area (Å²) in [5.41, 5.74) is 0.656. The van der Waals surface area contributed by atoms with Gasteiger partial charge in [0.2, 0.25) is 0 Å². The number of carbonyl (C=O) groups is 1. The summed E-state index contributed by atoms with van der Waals surface area (Å²) >= 11 is 3.39. The summed E-state index contributed by atoms with van der Waals surface area (Å²) in [4.78, 5) is 12.5. The van der Waals surface area contributed by atoms with Crippen LogP contribution in [0.4, 0.5) is 0 Å². The van der Waals surface area contributed by atoms with Gasteiger partial charge in [-0.3, -0.25) is 4.79 Å². The molecule has 0 saturated heterocycles. The maximum atomic E-state index is 12.5. The highest BCUT2D eigenvalue weighted by Gasteiger charge is 2.40. The van der Waals surface area contributed by atoms with Crippen molar-refractivity contribution in [3.8, 4) is 6.07 Å². The molecule has 23 heavy (non-hydrogen) atoms. The van der Waals surface area contributed by atoms with E-state index in [1.54, 1.807) is 6.92 Å². The van der Waals surface area contributed by atoms with Gasteiger partial charge in [-0.15, -0.1) is 0 Å². The summed E-state index contributed by atoms with van der Waals surface area (Å²) in [6.45, 7) is 2.01. The Hall–Kier alpha value is -2.12. The number of halogens is 1. The van der Waals surface area contributed by atoms with Gasteiger partial charge in [0, 0.05) is 17.3 Å². The van der Waals surface area contributed by atoms with Crippen LogP contribution in [0.15, 0.2) is 59.1 Å². The van der Waals surface area contributed by atoms with Gasteiger partial charge < -0.3 is 4.74 Å². The first kappa shape index (κ1) is 17.2. The SMILES string of the molecule is CCOC(=O)C(C#N)(Cc1ccccc1)Cc1ccc(Br)cc1. The van der Waals surface area contributed by atoms with Gasteiger partial charge in [0.25, 0.3) is 0 Å². The number of nitrogens with zero attached hydrogens (tertiary/aromatic N) is 1. The zero-order valence-electron chi connectivity index (χ0n) is 13.0. The Labute approximate surface area is 145 Å². The van der Waals surface area contributed by atoms with Crippen LogP contribution in [0.25, 0.3) is 0 Å². The first-order valence-electron chi connectivity index (χ1n) is 7.46. The number of nitriles is 1. The number of carbonyl (C=O) groups excluding carboxylic acids is 1. The van der Waals surface area contributed by atoms with Crippen molar-refractivity contribution in [1.29, 1.82) is 5.26 Å². The summed E-state index contributed by atoms with van der Waals surface area (Å²) in [5.74, 6) is -0.464. The minimum absolute atomic E-state index is 0.261. The molecule has 0 aliphatic rings. The van der Waals surface area contributed by atoms with E-state index >= 15 is 0 Å². The summed E-state index contributed by atoms with van der Waals surface area (Å²) < 4.78 is 6.16. The molecule has 0 aliphatic heterocycles. The Morgan fingerprint density at radius 2 is 1.65 bits per heavy atom. The van der Waals surface area contributed by atoms with Crippen LogP contribution in [-0.2, 0) is 22.4 Å². The lowest BCUT2D eigenvalue weighted by molar-refractivity contribution is -0.152. The molecule has 1 atom stereocenters. The maximum Gasteiger partial charge on any atom is 0.327 e. The van der Waals surface area contributed by atoms with Crippen LogP contribution in [0, 0.1) is 16.7 Å². The van der Waals surface area contributed by atoms with Gasteiger partial charge in [-0.1, -0.05) is 58.4 Å². The first-order valence-corrected chi connectivity index (χ1v) is 8.26. The molecule has 2 aromatic rings. The molecule has 0 fully saturated rings. The minimum atomic E-state index is -1.22. The summed E-state index contributed by atoms with van der Waals surface area (Å²) in [5, 5.41) is 9.79. The molecule has 0 N–H and O–H groups in total. The van der Waals surface area contributed by atoms with Gasteiger partial charge in [0.15, 0.2) is 5.41 Å². The highest BCUT2D eigenvalue weighted by atomic mass is 79.9. The minimum Gasteiger partial charge on any atom is -0.465 e. The fourth-order valence-corrected chi connectivity index (χ4v) is 2.76.